The van der Waals surface area contributed by atoms with Crippen LogP contribution in [-0.4, -0.2) is 12.6 Å². The van der Waals surface area contributed by atoms with E-state index in [0.29, 0.717) is 12.2 Å². The Bertz CT molecular complexity index is 366. The highest BCUT2D eigenvalue weighted by Crippen LogP contribution is 2.08. The maximum Gasteiger partial charge on any atom is 0.333 e. The van der Waals surface area contributed by atoms with Crippen LogP contribution in [0.3, 0.4) is 0 Å². The summed E-state index contributed by atoms with van der Waals surface area (Å²) < 4.78 is 5.07. The summed E-state index contributed by atoms with van der Waals surface area (Å²) in [6.45, 7) is 8.02. The number of carbonyl (C=O) groups excluding carboxylic acids is 1. The molecule has 0 aromatic carbocycles. The molecule has 2 heteroatoms. The molecule has 0 fully saturated rings. The van der Waals surface area contributed by atoms with Crippen molar-refractivity contribution in [1.29, 1.82) is 0 Å². The number of allylic oxidation sites excluding steroid dienone is 4. The molecule has 0 saturated heterocycles. The van der Waals surface area contributed by atoms with Gasteiger partial charge in [-0.3, -0.25) is 0 Å². The van der Waals surface area contributed by atoms with Gasteiger partial charge in [0.25, 0.3) is 0 Å². The highest BCUT2D eigenvalue weighted by molar-refractivity contribution is 5.86. The first-order valence-electron chi connectivity index (χ1n) is 9.81. The summed E-state index contributed by atoms with van der Waals surface area (Å²) in [6, 6.07) is 0. The van der Waals surface area contributed by atoms with Crippen LogP contribution in [0, 0.1) is 0 Å². The SMILES string of the molecule is C=C(C)C(=O)OCCCCCCCCC=CCC=CCCCCC. The molecule has 0 rings (SSSR count). The van der Waals surface area contributed by atoms with E-state index in [1.54, 1.807) is 6.92 Å². The van der Waals surface area contributed by atoms with Gasteiger partial charge in [-0.15, -0.1) is 0 Å². The molecule has 138 valence electrons. The van der Waals surface area contributed by atoms with Crippen LogP contribution in [0.2, 0.25) is 0 Å². The van der Waals surface area contributed by atoms with E-state index in [9.17, 15) is 4.79 Å². The average Bonchev–Trinajstić information content (AvgIpc) is 2.57. The predicted molar refractivity (Wildman–Crippen MR) is 105 cm³/mol. The Balaban J connectivity index is 3.23. The van der Waals surface area contributed by atoms with E-state index in [-0.39, 0.29) is 5.97 Å². The number of ether oxygens (including phenoxy) is 1. The van der Waals surface area contributed by atoms with Crippen LogP contribution in [0.15, 0.2) is 36.5 Å². The molecular weight excluding hydrogens is 296 g/mol. The molecule has 0 aliphatic carbocycles. The fourth-order valence-electron chi connectivity index (χ4n) is 2.38. The molecule has 0 aromatic rings. The molecule has 0 spiro atoms. The number of rotatable bonds is 16. The third-order valence-corrected chi connectivity index (χ3v) is 3.93. The number of esters is 1. The summed E-state index contributed by atoms with van der Waals surface area (Å²) in [5, 5.41) is 0. The maximum atomic E-state index is 11.2. The van der Waals surface area contributed by atoms with E-state index in [2.05, 4.69) is 37.8 Å². The molecule has 2 nitrogen and oxygen atoms in total. The topological polar surface area (TPSA) is 26.3 Å². The lowest BCUT2D eigenvalue weighted by atomic mass is 10.1. The zero-order valence-corrected chi connectivity index (χ0v) is 16.0. The van der Waals surface area contributed by atoms with Gasteiger partial charge in [0.2, 0.25) is 0 Å². The average molecular weight is 335 g/mol. The second-order valence-corrected chi connectivity index (χ2v) is 6.50. The van der Waals surface area contributed by atoms with Gasteiger partial charge in [-0.2, -0.15) is 0 Å². The summed E-state index contributed by atoms with van der Waals surface area (Å²) in [5.41, 5.74) is 0.482. The van der Waals surface area contributed by atoms with Crippen LogP contribution >= 0.6 is 0 Å². The Morgan fingerprint density at radius 3 is 1.96 bits per heavy atom. The van der Waals surface area contributed by atoms with Crippen molar-refractivity contribution in [3.05, 3.63) is 36.5 Å². The molecule has 0 atom stereocenters. The van der Waals surface area contributed by atoms with E-state index < -0.39 is 0 Å². The first-order valence-corrected chi connectivity index (χ1v) is 9.81. The van der Waals surface area contributed by atoms with Crippen molar-refractivity contribution in [2.24, 2.45) is 0 Å². The quantitative estimate of drug-likeness (QED) is 0.132. The normalized spacial score (nSPS) is 11.4. The molecule has 0 unspecified atom stereocenters. The van der Waals surface area contributed by atoms with Crippen LogP contribution in [0.4, 0.5) is 0 Å². The van der Waals surface area contributed by atoms with Gasteiger partial charge in [-0.1, -0.05) is 76.3 Å². The van der Waals surface area contributed by atoms with Crippen LogP contribution in [0.1, 0.15) is 90.9 Å². The summed E-state index contributed by atoms with van der Waals surface area (Å²) in [6.07, 6.45) is 23.9. The molecule has 0 N–H and O–H groups in total. The third kappa shape index (κ3) is 17.1. The van der Waals surface area contributed by atoms with Crippen molar-refractivity contribution in [3.63, 3.8) is 0 Å². The fourth-order valence-corrected chi connectivity index (χ4v) is 2.38. The first kappa shape index (κ1) is 22.7. The third-order valence-electron chi connectivity index (χ3n) is 3.93. The monoisotopic (exact) mass is 334 g/mol. The molecule has 0 heterocycles. The van der Waals surface area contributed by atoms with Crippen LogP contribution in [-0.2, 0) is 9.53 Å². The molecule has 0 aliphatic rings. The lowest BCUT2D eigenvalue weighted by Gasteiger charge is -2.04. The van der Waals surface area contributed by atoms with Crippen LogP contribution < -0.4 is 0 Å². The van der Waals surface area contributed by atoms with E-state index in [1.165, 1.54) is 57.8 Å². The summed E-state index contributed by atoms with van der Waals surface area (Å²) in [5.74, 6) is -0.266. The molecule has 0 amide bonds. The van der Waals surface area contributed by atoms with E-state index in [0.717, 1.165) is 19.3 Å². The van der Waals surface area contributed by atoms with Crippen molar-refractivity contribution in [3.8, 4) is 0 Å². The van der Waals surface area contributed by atoms with E-state index >= 15 is 0 Å². The molecule has 0 aromatic heterocycles. The zero-order valence-electron chi connectivity index (χ0n) is 16.0. The minimum atomic E-state index is -0.266. The van der Waals surface area contributed by atoms with Gasteiger partial charge in [0, 0.05) is 5.57 Å². The second kappa shape index (κ2) is 18.0. The Morgan fingerprint density at radius 1 is 0.833 bits per heavy atom. The molecule has 0 aliphatic heterocycles. The van der Waals surface area contributed by atoms with Crippen molar-refractivity contribution in [2.45, 2.75) is 90.9 Å². The minimum Gasteiger partial charge on any atom is -0.462 e. The summed E-state index contributed by atoms with van der Waals surface area (Å²) >= 11 is 0. The van der Waals surface area contributed by atoms with Gasteiger partial charge in [0.1, 0.15) is 0 Å². The maximum absolute atomic E-state index is 11.2. The lowest BCUT2D eigenvalue weighted by Crippen LogP contribution is -2.05. The Kier molecular flexibility index (Phi) is 17.1. The van der Waals surface area contributed by atoms with Gasteiger partial charge < -0.3 is 4.74 Å². The van der Waals surface area contributed by atoms with Crippen molar-refractivity contribution in [2.75, 3.05) is 6.61 Å². The molecule has 0 bridgehead atoms. The number of carbonyl (C=O) groups is 1. The van der Waals surface area contributed by atoms with E-state index in [1.807, 2.05) is 0 Å². The van der Waals surface area contributed by atoms with Crippen molar-refractivity contribution in [1.82, 2.24) is 0 Å². The van der Waals surface area contributed by atoms with Crippen molar-refractivity contribution >= 4 is 5.97 Å². The zero-order chi connectivity index (χ0) is 17.9. The number of hydrogen-bond donors (Lipinski definition) is 0. The second-order valence-electron chi connectivity index (χ2n) is 6.50. The molecular formula is C22H38O2. The van der Waals surface area contributed by atoms with Crippen LogP contribution in [0.5, 0.6) is 0 Å². The van der Waals surface area contributed by atoms with Gasteiger partial charge in [0.05, 0.1) is 6.61 Å². The summed E-state index contributed by atoms with van der Waals surface area (Å²) in [7, 11) is 0. The fraction of sp³-hybridized carbons (Fsp3) is 0.682. The number of unbranched alkanes of at least 4 members (excludes halogenated alkanes) is 9. The largest absolute Gasteiger partial charge is 0.462 e. The molecule has 0 radical (unpaired) electrons. The van der Waals surface area contributed by atoms with Gasteiger partial charge in [-0.25, -0.2) is 4.79 Å². The van der Waals surface area contributed by atoms with Gasteiger partial charge in [-0.05, 0) is 45.4 Å². The van der Waals surface area contributed by atoms with E-state index in [4.69, 9.17) is 4.74 Å². The lowest BCUT2D eigenvalue weighted by molar-refractivity contribution is -0.139. The standard InChI is InChI=1S/C22H38O2/c1-4-5-6-7-8-9-10-11-12-13-14-15-16-17-18-19-20-24-22(23)21(2)3/h8-9,11-12H,2,4-7,10,13-20H2,1,3H3. The van der Waals surface area contributed by atoms with Crippen LogP contribution in [0.25, 0.3) is 0 Å². The Labute approximate surface area is 150 Å². The first-order chi connectivity index (χ1) is 11.7. The Hall–Kier alpha value is -1.31. The minimum absolute atomic E-state index is 0.266. The Morgan fingerprint density at radius 2 is 1.38 bits per heavy atom. The van der Waals surface area contributed by atoms with Gasteiger partial charge >= 0.3 is 5.97 Å². The van der Waals surface area contributed by atoms with Gasteiger partial charge in [0.15, 0.2) is 0 Å². The summed E-state index contributed by atoms with van der Waals surface area (Å²) in [4.78, 5) is 11.2. The molecule has 0 saturated carbocycles. The predicted octanol–water partition coefficient (Wildman–Crippen LogP) is 6.92. The highest BCUT2D eigenvalue weighted by atomic mass is 16.5. The number of hydrogen-bond acceptors (Lipinski definition) is 2. The molecule has 24 heavy (non-hydrogen) atoms. The van der Waals surface area contributed by atoms with Crippen molar-refractivity contribution < 1.29 is 9.53 Å². The highest BCUT2D eigenvalue weighted by Gasteiger charge is 2.01. The smallest absolute Gasteiger partial charge is 0.333 e.